The third kappa shape index (κ3) is 4.77. The highest BCUT2D eigenvalue weighted by atomic mass is 127. The van der Waals surface area contributed by atoms with Crippen molar-refractivity contribution in [3.63, 3.8) is 0 Å². The summed E-state index contributed by atoms with van der Waals surface area (Å²) in [7, 11) is 0. The lowest BCUT2D eigenvalue weighted by Gasteiger charge is -2.13. The molecule has 0 aliphatic rings. The molecule has 0 aromatic heterocycles. The van der Waals surface area contributed by atoms with Gasteiger partial charge in [-0.3, -0.25) is 4.79 Å². The Kier molecular flexibility index (Phi) is 4.85. The third-order valence-corrected chi connectivity index (χ3v) is 2.27. The number of allylic oxidation sites excluding steroid dienone is 3. The molecular formula is C8H10ClIO2. The van der Waals surface area contributed by atoms with Crippen LogP contribution in [0.1, 0.15) is 13.3 Å². The SMILES string of the molecule is C=C(Cl)/C=C\CC(C)(I)C(=O)O. The number of hydrogen-bond donors (Lipinski definition) is 1. The van der Waals surface area contributed by atoms with Crippen molar-refractivity contribution in [1.82, 2.24) is 0 Å². The maximum atomic E-state index is 10.6. The first kappa shape index (κ1) is 12.0. The van der Waals surface area contributed by atoms with Crippen molar-refractivity contribution in [1.29, 1.82) is 0 Å². The Balaban J connectivity index is 4.09. The van der Waals surface area contributed by atoms with Gasteiger partial charge < -0.3 is 5.11 Å². The van der Waals surface area contributed by atoms with E-state index in [1.165, 1.54) is 0 Å². The zero-order valence-corrected chi connectivity index (χ0v) is 9.59. The molecule has 0 aliphatic heterocycles. The summed E-state index contributed by atoms with van der Waals surface area (Å²) < 4.78 is -0.763. The Morgan fingerprint density at radius 2 is 2.33 bits per heavy atom. The van der Waals surface area contributed by atoms with Crippen LogP contribution < -0.4 is 0 Å². The van der Waals surface area contributed by atoms with Gasteiger partial charge >= 0.3 is 5.97 Å². The van der Waals surface area contributed by atoms with Crippen molar-refractivity contribution in [2.24, 2.45) is 0 Å². The molecule has 1 unspecified atom stereocenters. The van der Waals surface area contributed by atoms with Crippen LogP contribution in [0.25, 0.3) is 0 Å². The van der Waals surface area contributed by atoms with Crippen LogP contribution >= 0.6 is 34.2 Å². The molecule has 1 N–H and O–H groups in total. The van der Waals surface area contributed by atoms with Gasteiger partial charge in [0.15, 0.2) is 0 Å². The van der Waals surface area contributed by atoms with E-state index in [-0.39, 0.29) is 0 Å². The van der Waals surface area contributed by atoms with E-state index in [0.717, 1.165) is 0 Å². The Morgan fingerprint density at radius 1 is 1.83 bits per heavy atom. The van der Waals surface area contributed by atoms with Gasteiger partial charge in [0.1, 0.15) is 3.42 Å². The topological polar surface area (TPSA) is 37.3 Å². The average molecular weight is 301 g/mol. The van der Waals surface area contributed by atoms with Crippen LogP contribution in [-0.2, 0) is 4.79 Å². The van der Waals surface area contributed by atoms with Crippen LogP contribution in [0.3, 0.4) is 0 Å². The molecule has 1 atom stereocenters. The molecular weight excluding hydrogens is 290 g/mol. The van der Waals surface area contributed by atoms with Crippen LogP contribution in [0.15, 0.2) is 23.8 Å². The van der Waals surface area contributed by atoms with Crippen molar-refractivity contribution < 1.29 is 9.90 Å². The number of carbonyl (C=O) groups is 1. The second-order valence-electron chi connectivity index (χ2n) is 2.56. The highest BCUT2D eigenvalue weighted by Gasteiger charge is 2.27. The van der Waals surface area contributed by atoms with Gasteiger partial charge in [0, 0.05) is 5.03 Å². The molecule has 0 aromatic carbocycles. The summed E-state index contributed by atoms with van der Waals surface area (Å²) in [6, 6.07) is 0. The van der Waals surface area contributed by atoms with E-state index in [2.05, 4.69) is 6.58 Å². The molecule has 0 spiro atoms. The van der Waals surface area contributed by atoms with Crippen LogP contribution in [0.4, 0.5) is 0 Å². The normalized spacial score (nSPS) is 15.9. The molecule has 0 amide bonds. The summed E-state index contributed by atoms with van der Waals surface area (Å²) in [5, 5.41) is 9.12. The Bertz CT molecular complexity index is 221. The summed E-state index contributed by atoms with van der Waals surface area (Å²) in [6.07, 6.45) is 3.74. The van der Waals surface area contributed by atoms with Crippen molar-refractivity contribution in [2.45, 2.75) is 16.8 Å². The van der Waals surface area contributed by atoms with E-state index < -0.39 is 9.39 Å². The predicted molar refractivity (Wildman–Crippen MR) is 58.8 cm³/mol. The average Bonchev–Trinajstić information content (AvgIpc) is 1.85. The first-order valence-electron chi connectivity index (χ1n) is 3.29. The molecule has 0 saturated carbocycles. The molecule has 0 bridgehead atoms. The number of hydrogen-bond acceptors (Lipinski definition) is 1. The number of carboxylic acids is 1. The van der Waals surface area contributed by atoms with Gasteiger partial charge in [0.05, 0.1) is 0 Å². The number of aliphatic carboxylic acids is 1. The summed E-state index contributed by atoms with van der Waals surface area (Å²) in [5.41, 5.74) is 0. The lowest BCUT2D eigenvalue weighted by atomic mass is 10.1. The first-order chi connectivity index (χ1) is 5.36. The molecule has 0 aromatic rings. The first-order valence-corrected chi connectivity index (χ1v) is 4.75. The van der Waals surface area contributed by atoms with Crippen LogP contribution in [0.5, 0.6) is 0 Å². The van der Waals surface area contributed by atoms with Crippen molar-refractivity contribution in [2.75, 3.05) is 0 Å². The van der Waals surface area contributed by atoms with Gasteiger partial charge in [-0.15, -0.1) is 0 Å². The summed E-state index contributed by atoms with van der Waals surface area (Å²) in [4.78, 5) is 10.6. The van der Waals surface area contributed by atoms with Crippen molar-refractivity contribution in [3.8, 4) is 0 Å². The fraction of sp³-hybridized carbons (Fsp3) is 0.375. The second-order valence-corrected chi connectivity index (χ2v) is 5.42. The van der Waals surface area contributed by atoms with Crippen molar-refractivity contribution >= 4 is 40.2 Å². The molecule has 0 radical (unpaired) electrons. The molecule has 4 heteroatoms. The van der Waals surface area contributed by atoms with E-state index >= 15 is 0 Å². The molecule has 2 nitrogen and oxygen atoms in total. The van der Waals surface area contributed by atoms with Crippen LogP contribution in [-0.4, -0.2) is 14.5 Å². The molecule has 0 rings (SSSR count). The standard InChI is InChI=1S/C8H10ClIO2/c1-6(9)4-3-5-8(2,10)7(11)12/h3-4H,1,5H2,2H3,(H,11,12)/b4-3-. The predicted octanol–water partition coefficient (Wildman–Crippen LogP) is 2.96. The van der Waals surface area contributed by atoms with E-state index in [4.69, 9.17) is 16.7 Å². The Labute approximate surface area is 90.4 Å². The minimum atomic E-state index is -0.826. The number of halogens is 2. The summed E-state index contributed by atoms with van der Waals surface area (Å²) in [6.45, 7) is 5.10. The monoisotopic (exact) mass is 300 g/mol. The number of rotatable bonds is 4. The lowest BCUT2D eigenvalue weighted by Crippen LogP contribution is -2.26. The second kappa shape index (κ2) is 4.87. The highest BCUT2D eigenvalue weighted by Crippen LogP contribution is 2.23. The van der Waals surface area contributed by atoms with Gasteiger partial charge in [-0.05, 0) is 19.4 Å². The Morgan fingerprint density at radius 3 is 2.67 bits per heavy atom. The largest absolute Gasteiger partial charge is 0.480 e. The van der Waals surface area contributed by atoms with E-state index in [9.17, 15) is 4.79 Å². The van der Waals surface area contributed by atoms with Gasteiger partial charge in [-0.1, -0.05) is 46.8 Å². The quantitative estimate of drug-likeness (QED) is 0.492. The lowest BCUT2D eigenvalue weighted by molar-refractivity contribution is -0.138. The molecule has 68 valence electrons. The minimum absolute atomic E-state index is 0.410. The van der Waals surface area contributed by atoms with Crippen LogP contribution in [0, 0.1) is 0 Å². The minimum Gasteiger partial charge on any atom is -0.480 e. The maximum Gasteiger partial charge on any atom is 0.319 e. The van der Waals surface area contributed by atoms with Gasteiger partial charge in [-0.25, -0.2) is 0 Å². The van der Waals surface area contributed by atoms with E-state index in [1.54, 1.807) is 19.1 Å². The van der Waals surface area contributed by atoms with Gasteiger partial charge in [0.2, 0.25) is 0 Å². The Hall–Kier alpha value is -0.0300. The smallest absolute Gasteiger partial charge is 0.319 e. The molecule has 12 heavy (non-hydrogen) atoms. The number of alkyl halides is 1. The fourth-order valence-corrected chi connectivity index (χ4v) is 0.839. The van der Waals surface area contributed by atoms with E-state index in [1.807, 2.05) is 22.6 Å². The zero-order valence-electron chi connectivity index (χ0n) is 6.68. The zero-order chi connectivity index (χ0) is 9.78. The van der Waals surface area contributed by atoms with Gasteiger partial charge in [-0.2, -0.15) is 0 Å². The summed E-state index contributed by atoms with van der Waals surface area (Å²) in [5.74, 6) is -0.826. The number of carboxylic acid groups (broad SMARTS) is 1. The maximum absolute atomic E-state index is 10.6. The fourth-order valence-electron chi connectivity index (χ4n) is 0.495. The van der Waals surface area contributed by atoms with Crippen LogP contribution in [0.2, 0.25) is 0 Å². The van der Waals surface area contributed by atoms with Crippen molar-refractivity contribution in [3.05, 3.63) is 23.8 Å². The highest BCUT2D eigenvalue weighted by molar-refractivity contribution is 14.1. The third-order valence-electron chi connectivity index (χ3n) is 1.25. The molecule has 0 aliphatic carbocycles. The van der Waals surface area contributed by atoms with Gasteiger partial charge in [0.25, 0.3) is 0 Å². The van der Waals surface area contributed by atoms with E-state index in [0.29, 0.717) is 11.5 Å². The molecule has 0 saturated heterocycles. The molecule has 0 heterocycles. The molecule has 0 fully saturated rings. The summed E-state index contributed by atoms with van der Waals surface area (Å²) >= 11 is 7.34.